The van der Waals surface area contributed by atoms with Crippen LogP contribution in [0.15, 0.2) is 0 Å². The van der Waals surface area contributed by atoms with Crippen LogP contribution in [0.2, 0.25) is 0 Å². The third-order valence-corrected chi connectivity index (χ3v) is 3.62. The van der Waals surface area contributed by atoms with Crippen molar-refractivity contribution in [3.63, 3.8) is 0 Å². The minimum absolute atomic E-state index is 0.586. The second-order valence-corrected chi connectivity index (χ2v) is 6.08. The molecule has 0 aromatic rings. The van der Waals surface area contributed by atoms with Gasteiger partial charge in [0.2, 0.25) is 0 Å². The zero-order valence-corrected chi connectivity index (χ0v) is 12.3. The van der Waals surface area contributed by atoms with Crippen molar-refractivity contribution in [3.8, 4) is 0 Å². The first kappa shape index (κ1) is 17.5. The number of rotatable bonds is 11. The summed E-state index contributed by atoms with van der Waals surface area (Å²) in [6.45, 7) is 2.20. The molecule has 0 spiro atoms. The first-order valence-corrected chi connectivity index (χ1v) is 8.42. The average molecular weight is 284 g/mol. The first-order valence-electron chi connectivity index (χ1n) is 6.37. The quantitative estimate of drug-likeness (QED) is 0.233. The maximum atomic E-state index is 10.5. The Kier molecular flexibility index (Phi) is 10.7. The number of thiol groups is 1. The summed E-state index contributed by atoms with van der Waals surface area (Å²) in [5.41, 5.74) is -0.657. The van der Waals surface area contributed by atoms with Gasteiger partial charge in [-0.3, -0.25) is 4.52 Å². The lowest BCUT2D eigenvalue weighted by molar-refractivity contribution is 0.176. The number of unbranched alkanes of at least 4 members (excludes halogenated alkanes) is 7. The van der Waals surface area contributed by atoms with Crippen molar-refractivity contribution in [1.82, 2.24) is 0 Å². The molecule has 0 bridgehead atoms. The van der Waals surface area contributed by atoms with Crippen LogP contribution in [0.5, 0.6) is 0 Å². The molecule has 4 nitrogen and oxygen atoms in total. The predicted molar refractivity (Wildman–Crippen MR) is 73.1 cm³/mol. The van der Waals surface area contributed by atoms with E-state index in [-0.39, 0.29) is 0 Å². The van der Waals surface area contributed by atoms with Crippen LogP contribution in [-0.2, 0) is 9.09 Å². The minimum atomic E-state index is -4.37. The van der Waals surface area contributed by atoms with E-state index in [1.165, 1.54) is 38.5 Å². The Bertz CT molecular complexity index is 220. The summed E-state index contributed by atoms with van der Waals surface area (Å²) in [5, 5.41) is 0. The van der Waals surface area contributed by atoms with E-state index in [1.807, 2.05) is 0 Å². The fraction of sp³-hybridized carbons (Fsp3) is 1.00. The number of phosphoric acid groups is 1. The van der Waals surface area contributed by atoms with Crippen LogP contribution in [0, 0.1) is 0 Å². The summed E-state index contributed by atoms with van der Waals surface area (Å²) in [4.78, 5) is 17.1. The molecule has 0 aromatic heterocycles. The normalized spacial score (nSPS) is 13.9. The van der Waals surface area contributed by atoms with E-state index in [2.05, 4.69) is 24.1 Å². The second-order valence-electron chi connectivity index (χ2n) is 4.31. The van der Waals surface area contributed by atoms with E-state index in [1.54, 1.807) is 0 Å². The van der Waals surface area contributed by atoms with Gasteiger partial charge < -0.3 is 9.79 Å². The van der Waals surface area contributed by atoms with Crippen LogP contribution >= 0.6 is 20.5 Å². The van der Waals surface area contributed by atoms with Crippen LogP contribution in [0.4, 0.5) is 0 Å². The molecule has 17 heavy (non-hydrogen) atoms. The van der Waals surface area contributed by atoms with Gasteiger partial charge in [-0.05, 0) is 12.8 Å². The van der Waals surface area contributed by atoms with Gasteiger partial charge in [-0.1, -0.05) is 51.9 Å². The van der Waals surface area contributed by atoms with Gasteiger partial charge in [0, 0.05) is 0 Å². The molecule has 1 atom stereocenters. The van der Waals surface area contributed by atoms with Crippen LogP contribution in [-0.4, -0.2) is 15.2 Å². The average Bonchev–Trinajstić information content (AvgIpc) is 2.19. The lowest BCUT2D eigenvalue weighted by Crippen LogP contribution is -2.02. The molecule has 0 radical (unpaired) electrons. The van der Waals surface area contributed by atoms with Gasteiger partial charge in [-0.2, -0.15) is 0 Å². The topological polar surface area (TPSA) is 66.8 Å². The van der Waals surface area contributed by atoms with E-state index >= 15 is 0 Å². The Balaban J connectivity index is 3.25. The van der Waals surface area contributed by atoms with Gasteiger partial charge >= 0.3 is 7.82 Å². The highest BCUT2D eigenvalue weighted by Crippen LogP contribution is 2.39. The molecular formula is C11H25O4PS. The van der Waals surface area contributed by atoms with Crippen molar-refractivity contribution in [2.45, 2.75) is 70.1 Å². The SMILES string of the molecule is CCCCCCCCCCC(S)OP(=O)(O)O. The molecule has 0 saturated heterocycles. The van der Waals surface area contributed by atoms with E-state index in [4.69, 9.17) is 9.79 Å². The molecule has 0 heterocycles. The highest BCUT2D eigenvalue weighted by molar-refractivity contribution is 7.81. The van der Waals surface area contributed by atoms with Crippen molar-refractivity contribution in [2.24, 2.45) is 0 Å². The summed E-state index contributed by atoms with van der Waals surface area (Å²) in [5.74, 6) is 0. The Hall–Kier alpha value is 0.460. The van der Waals surface area contributed by atoms with Gasteiger partial charge in [0.1, 0.15) is 5.44 Å². The molecule has 0 aromatic carbocycles. The van der Waals surface area contributed by atoms with Gasteiger partial charge in [-0.25, -0.2) is 4.57 Å². The molecule has 0 aliphatic carbocycles. The molecule has 0 aliphatic heterocycles. The molecule has 0 aliphatic rings. The molecule has 2 N–H and O–H groups in total. The van der Waals surface area contributed by atoms with Crippen molar-refractivity contribution in [2.75, 3.05) is 0 Å². The Morgan fingerprint density at radius 2 is 1.53 bits per heavy atom. The summed E-state index contributed by atoms with van der Waals surface area (Å²) < 4.78 is 14.9. The summed E-state index contributed by atoms with van der Waals surface area (Å²) in [7, 11) is -4.37. The van der Waals surface area contributed by atoms with Gasteiger partial charge in [0.25, 0.3) is 0 Å². The smallest absolute Gasteiger partial charge is 0.303 e. The van der Waals surface area contributed by atoms with Crippen LogP contribution in [0.3, 0.4) is 0 Å². The molecule has 0 saturated carbocycles. The van der Waals surface area contributed by atoms with Crippen LogP contribution in [0.25, 0.3) is 0 Å². The molecule has 0 rings (SSSR count). The molecule has 6 heteroatoms. The largest absolute Gasteiger partial charge is 0.470 e. The number of hydrogen-bond acceptors (Lipinski definition) is 3. The summed E-state index contributed by atoms with van der Waals surface area (Å²) in [6, 6.07) is 0. The third kappa shape index (κ3) is 14.4. The zero-order chi connectivity index (χ0) is 13.1. The lowest BCUT2D eigenvalue weighted by Gasteiger charge is -2.12. The molecule has 104 valence electrons. The highest BCUT2D eigenvalue weighted by Gasteiger charge is 2.18. The molecule has 1 unspecified atom stereocenters. The fourth-order valence-electron chi connectivity index (χ4n) is 1.66. The van der Waals surface area contributed by atoms with Gasteiger partial charge in [0.05, 0.1) is 0 Å². The molecule has 0 amide bonds. The second kappa shape index (κ2) is 10.4. The Morgan fingerprint density at radius 3 is 2.00 bits per heavy atom. The van der Waals surface area contributed by atoms with Crippen LogP contribution < -0.4 is 0 Å². The lowest BCUT2D eigenvalue weighted by atomic mass is 10.1. The fourth-order valence-corrected chi connectivity index (χ4v) is 2.64. The van der Waals surface area contributed by atoms with E-state index in [0.29, 0.717) is 6.42 Å². The summed E-state index contributed by atoms with van der Waals surface area (Å²) >= 11 is 3.98. The monoisotopic (exact) mass is 284 g/mol. The standard InChI is InChI=1S/C11H25O4PS/c1-2-3-4-5-6-7-8-9-10-11(17)15-16(12,13)14/h11,17H,2-10H2,1H3,(H2,12,13,14). The van der Waals surface area contributed by atoms with E-state index < -0.39 is 13.3 Å². The van der Waals surface area contributed by atoms with Crippen LogP contribution in [0.1, 0.15) is 64.7 Å². The van der Waals surface area contributed by atoms with Gasteiger partial charge in [0.15, 0.2) is 0 Å². The van der Waals surface area contributed by atoms with E-state index in [0.717, 1.165) is 12.8 Å². The third-order valence-electron chi connectivity index (χ3n) is 2.56. The maximum absolute atomic E-state index is 10.5. The van der Waals surface area contributed by atoms with Crippen molar-refractivity contribution >= 4 is 20.5 Å². The van der Waals surface area contributed by atoms with Gasteiger partial charge in [-0.15, -0.1) is 12.6 Å². The summed E-state index contributed by atoms with van der Waals surface area (Å²) in [6.07, 6.45) is 10.2. The van der Waals surface area contributed by atoms with Crippen molar-refractivity contribution in [1.29, 1.82) is 0 Å². The molecular weight excluding hydrogens is 259 g/mol. The first-order chi connectivity index (χ1) is 7.95. The van der Waals surface area contributed by atoms with E-state index in [9.17, 15) is 4.57 Å². The molecule has 0 fully saturated rings. The Morgan fingerprint density at radius 1 is 1.06 bits per heavy atom. The Labute approximate surface area is 110 Å². The van der Waals surface area contributed by atoms with Crippen molar-refractivity contribution < 1.29 is 18.9 Å². The van der Waals surface area contributed by atoms with Crippen molar-refractivity contribution in [3.05, 3.63) is 0 Å². The maximum Gasteiger partial charge on any atom is 0.470 e. The highest BCUT2D eigenvalue weighted by atomic mass is 32.1. The zero-order valence-electron chi connectivity index (χ0n) is 10.5. The number of hydrogen-bond donors (Lipinski definition) is 3. The number of phosphoric ester groups is 1. The minimum Gasteiger partial charge on any atom is -0.303 e. The predicted octanol–water partition coefficient (Wildman–Crippen LogP) is 3.88.